The number of hydrogen-bond donors (Lipinski definition) is 0. The molecule has 0 heterocycles. The first-order valence-corrected chi connectivity index (χ1v) is 7.34. The van der Waals surface area contributed by atoms with Crippen LogP contribution in [0.2, 0.25) is 0 Å². The van der Waals surface area contributed by atoms with Crippen molar-refractivity contribution in [2.45, 2.75) is 49.4 Å². The summed E-state index contributed by atoms with van der Waals surface area (Å²) in [7, 11) is 0. The molecule has 1 fully saturated rings. The smallest absolute Gasteiger partial charge is 0.0144 e. The summed E-state index contributed by atoms with van der Waals surface area (Å²) in [6.45, 7) is 2.45. The summed E-state index contributed by atoms with van der Waals surface area (Å²) in [5, 5.41) is 0. The first kappa shape index (κ1) is 11.0. The molecule has 0 aromatic rings. The van der Waals surface area contributed by atoms with E-state index >= 15 is 0 Å². The Bertz CT molecular complexity index is 209. The average molecular weight is 304 g/mol. The molecule has 0 aliphatic heterocycles. The van der Waals surface area contributed by atoms with Gasteiger partial charge in [-0.15, -0.1) is 0 Å². The minimum atomic E-state index is 0.894. The van der Waals surface area contributed by atoms with E-state index in [2.05, 4.69) is 41.7 Å². The first-order valence-electron chi connectivity index (χ1n) is 6.10. The van der Waals surface area contributed by atoms with Gasteiger partial charge in [0.1, 0.15) is 0 Å². The molecule has 80 valence electrons. The van der Waals surface area contributed by atoms with Gasteiger partial charge in [0.25, 0.3) is 0 Å². The number of hydrogen-bond acceptors (Lipinski definition) is 0. The Balaban J connectivity index is 2.04. The van der Waals surface area contributed by atoms with E-state index in [1.54, 1.807) is 0 Å². The summed E-state index contributed by atoms with van der Waals surface area (Å²) in [4.78, 5) is 0. The standard InChI is InChI=1S/C13H21I/c1-10-6-2-3-7-11(10)12-8-4-5-9-13(12)14/h3,7,10-13H,2,4-6,8-9H2,1H3. The van der Waals surface area contributed by atoms with E-state index in [-0.39, 0.29) is 0 Å². The van der Waals surface area contributed by atoms with Gasteiger partial charge in [-0.2, -0.15) is 0 Å². The minimum Gasteiger partial charge on any atom is -0.0882 e. The topological polar surface area (TPSA) is 0 Å². The normalized spacial score (nSPS) is 43.9. The predicted molar refractivity (Wildman–Crippen MR) is 70.8 cm³/mol. The predicted octanol–water partition coefficient (Wildman–Crippen LogP) is 4.58. The molecule has 0 radical (unpaired) electrons. The summed E-state index contributed by atoms with van der Waals surface area (Å²) >= 11 is 2.70. The first-order chi connectivity index (χ1) is 6.79. The van der Waals surface area contributed by atoms with Crippen molar-refractivity contribution in [2.24, 2.45) is 17.8 Å². The largest absolute Gasteiger partial charge is 0.0882 e. The quantitative estimate of drug-likeness (QED) is 0.378. The summed E-state index contributed by atoms with van der Waals surface area (Å²) < 4.78 is 0.941. The second-order valence-corrected chi connectivity index (χ2v) is 6.62. The molecular formula is C13H21I. The summed E-state index contributed by atoms with van der Waals surface area (Å²) in [6, 6.07) is 0. The van der Waals surface area contributed by atoms with E-state index in [1.165, 1.54) is 38.5 Å². The van der Waals surface area contributed by atoms with Crippen LogP contribution < -0.4 is 0 Å². The zero-order valence-corrected chi connectivity index (χ0v) is 11.2. The van der Waals surface area contributed by atoms with Crippen molar-refractivity contribution in [2.75, 3.05) is 0 Å². The molecule has 4 unspecified atom stereocenters. The van der Waals surface area contributed by atoms with Crippen molar-refractivity contribution in [3.05, 3.63) is 12.2 Å². The SMILES string of the molecule is CC1CCC=CC1C1CCCCC1I. The monoisotopic (exact) mass is 304 g/mol. The molecule has 0 spiro atoms. The Morgan fingerprint density at radius 3 is 2.64 bits per heavy atom. The number of alkyl halides is 1. The maximum absolute atomic E-state index is 2.70. The van der Waals surface area contributed by atoms with Crippen LogP contribution in [-0.4, -0.2) is 3.92 Å². The van der Waals surface area contributed by atoms with Crippen molar-refractivity contribution in [3.63, 3.8) is 0 Å². The highest BCUT2D eigenvalue weighted by Crippen LogP contribution is 2.41. The van der Waals surface area contributed by atoms with E-state index in [1.807, 2.05) is 0 Å². The third kappa shape index (κ3) is 2.34. The van der Waals surface area contributed by atoms with Gasteiger partial charge < -0.3 is 0 Å². The number of halogens is 1. The Morgan fingerprint density at radius 1 is 1.14 bits per heavy atom. The van der Waals surface area contributed by atoms with Gasteiger partial charge in [0.05, 0.1) is 0 Å². The van der Waals surface area contributed by atoms with E-state index in [4.69, 9.17) is 0 Å². The fourth-order valence-corrected chi connectivity index (χ4v) is 4.39. The zero-order valence-electron chi connectivity index (χ0n) is 9.08. The molecule has 2 aliphatic rings. The van der Waals surface area contributed by atoms with Gasteiger partial charge in [0.2, 0.25) is 0 Å². The van der Waals surface area contributed by atoms with E-state index in [0.29, 0.717) is 0 Å². The van der Waals surface area contributed by atoms with Gasteiger partial charge in [-0.05, 0) is 43.4 Å². The van der Waals surface area contributed by atoms with Crippen molar-refractivity contribution in [3.8, 4) is 0 Å². The number of rotatable bonds is 1. The third-order valence-corrected chi connectivity index (χ3v) is 5.58. The van der Waals surface area contributed by atoms with E-state index in [0.717, 1.165) is 21.7 Å². The van der Waals surface area contributed by atoms with Crippen LogP contribution in [0.3, 0.4) is 0 Å². The lowest BCUT2D eigenvalue weighted by Crippen LogP contribution is -2.31. The fourth-order valence-electron chi connectivity index (χ4n) is 3.11. The highest BCUT2D eigenvalue weighted by atomic mass is 127. The maximum Gasteiger partial charge on any atom is 0.0144 e. The lowest BCUT2D eigenvalue weighted by atomic mass is 9.71. The minimum absolute atomic E-state index is 0.894. The van der Waals surface area contributed by atoms with Crippen LogP contribution in [0.4, 0.5) is 0 Å². The summed E-state index contributed by atoms with van der Waals surface area (Å²) in [5.74, 6) is 2.81. The van der Waals surface area contributed by atoms with E-state index < -0.39 is 0 Å². The van der Waals surface area contributed by atoms with Gasteiger partial charge in [0, 0.05) is 3.92 Å². The molecule has 0 N–H and O–H groups in total. The van der Waals surface area contributed by atoms with Crippen molar-refractivity contribution < 1.29 is 0 Å². The van der Waals surface area contributed by atoms with Crippen molar-refractivity contribution in [1.29, 1.82) is 0 Å². The molecule has 2 aliphatic carbocycles. The van der Waals surface area contributed by atoms with Crippen LogP contribution in [0, 0.1) is 17.8 Å². The maximum atomic E-state index is 2.70. The third-order valence-electron chi connectivity index (χ3n) is 4.03. The molecule has 0 nitrogen and oxygen atoms in total. The van der Waals surface area contributed by atoms with Crippen LogP contribution in [0.5, 0.6) is 0 Å². The van der Waals surface area contributed by atoms with E-state index in [9.17, 15) is 0 Å². The average Bonchev–Trinajstić information content (AvgIpc) is 2.20. The molecule has 2 rings (SSSR count). The van der Waals surface area contributed by atoms with Gasteiger partial charge in [-0.25, -0.2) is 0 Å². The Kier molecular flexibility index (Phi) is 3.92. The van der Waals surface area contributed by atoms with Gasteiger partial charge in [0.15, 0.2) is 0 Å². The molecule has 0 bridgehead atoms. The highest BCUT2D eigenvalue weighted by Gasteiger charge is 2.32. The Morgan fingerprint density at radius 2 is 1.93 bits per heavy atom. The molecule has 0 saturated heterocycles. The molecule has 1 saturated carbocycles. The van der Waals surface area contributed by atoms with Crippen molar-refractivity contribution in [1.82, 2.24) is 0 Å². The second-order valence-electron chi connectivity index (χ2n) is 5.02. The molecule has 1 heteroatoms. The fraction of sp³-hybridized carbons (Fsp3) is 0.846. The molecule has 14 heavy (non-hydrogen) atoms. The molecule has 0 aromatic heterocycles. The van der Waals surface area contributed by atoms with Crippen LogP contribution in [0.15, 0.2) is 12.2 Å². The zero-order chi connectivity index (χ0) is 9.97. The molecule has 0 amide bonds. The lowest BCUT2D eigenvalue weighted by molar-refractivity contribution is 0.228. The molecular weight excluding hydrogens is 283 g/mol. The Labute approximate surface area is 102 Å². The van der Waals surface area contributed by atoms with Gasteiger partial charge in [-0.3, -0.25) is 0 Å². The van der Waals surface area contributed by atoms with Crippen LogP contribution in [-0.2, 0) is 0 Å². The number of allylic oxidation sites excluding steroid dienone is 2. The summed E-state index contributed by atoms with van der Waals surface area (Å²) in [6.07, 6.45) is 13.6. The van der Waals surface area contributed by atoms with Crippen LogP contribution in [0.25, 0.3) is 0 Å². The Hall–Kier alpha value is 0.470. The van der Waals surface area contributed by atoms with Crippen LogP contribution in [0.1, 0.15) is 45.4 Å². The molecule has 4 atom stereocenters. The van der Waals surface area contributed by atoms with Crippen molar-refractivity contribution >= 4 is 22.6 Å². The second kappa shape index (κ2) is 5.00. The molecule has 0 aromatic carbocycles. The lowest BCUT2D eigenvalue weighted by Gasteiger charge is -2.37. The van der Waals surface area contributed by atoms with Gasteiger partial charge in [-0.1, -0.05) is 54.5 Å². The highest BCUT2D eigenvalue weighted by molar-refractivity contribution is 14.1. The summed E-state index contributed by atoms with van der Waals surface area (Å²) in [5.41, 5.74) is 0. The van der Waals surface area contributed by atoms with Gasteiger partial charge >= 0.3 is 0 Å². The van der Waals surface area contributed by atoms with Crippen LogP contribution >= 0.6 is 22.6 Å².